The summed E-state index contributed by atoms with van der Waals surface area (Å²) in [5.41, 5.74) is 1.32. The highest BCUT2D eigenvalue weighted by atomic mass is 32.1. The Morgan fingerprint density at radius 2 is 2.28 bits per heavy atom. The molecule has 102 valence electrons. The van der Waals surface area contributed by atoms with Gasteiger partial charge < -0.3 is 10.1 Å². The van der Waals surface area contributed by atoms with Crippen LogP contribution in [0.2, 0.25) is 0 Å². The normalized spacial score (nSPS) is 11.1. The van der Waals surface area contributed by atoms with Crippen molar-refractivity contribution < 1.29 is 4.74 Å². The summed E-state index contributed by atoms with van der Waals surface area (Å²) >= 11 is 1.87. The van der Waals surface area contributed by atoms with E-state index in [9.17, 15) is 0 Å². The zero-order valence-corrected chi connectivity index (χ0v) is 12.6. The van der Waals surface area contributed by atoms with Crippen LogP contribution in [-0.2, 0) is 17.9 Å². The van der Waals surface area contributed by atoms with Crippen LogP contribution in [0.4, 0.5) is 0 Å². The van der Waals surface area contributed by atoms with Gasteiger partial charge in [0.05, 0.1) is 13.2 Å². The lowest BCUT2D eigenvalue weighted by molar-refractivity contribution is 0.125. The van der Waals surface area contributed by atoms with Crippen molar-refractivity contribution >= 4 is 11.3 Å². The van der Waals surface area contributed by atoms with Gasteiger partial charge in [0.1, 0.15) is 0 Å². The Labute approximate surface area is 115 Å². The van der Waals surface area contributed by atoms with E-state index in [4.69, 9.17) is 4.74 Å². The maximum absolute atomic E-state index is 5.61. The van der Waals surface area contributed by atoms with Gasteiger partial charge in [0, 0.05) is 16.3 Å². The lowest BCUT2D eigenvalue weighted by atomic mass is 10.2. The minimum Gasteiger partial charge on any atom is -0.376 e. The average molecular weight is 267 g/mol. The molecule has 0 fully saturated rings. The Hall–Kier alpha value is -0.640. The Morgan fingerprint density at radius 1 is 1.50 bits per heavy atom. The van der Waals surface area contributed by atoms with Crippen LogP contribution in [0, 0.1) is 12.8 Å². The molecule has 0 spiro atoms. The van der Waals surface area contributed by atoms with E-state index in [0.717, 1.165) is 32.7 Å². The lowest BCUT2D eigenvalue weighted by Crippen LogP contribution is -2.18. The maximum Gasteiger partial charge on any atom is 0.0727 e. The molecule has 2 nitrogen and oxygen atoms in total. The average Bonchev–Trinajstić information content (AvgIpc) is 2.65. The van der Waals surface area contributed by atoms with Crippen molar-refractivity contribution in [1.82, 2.24) is 5.32 Å². The molecule has 0 atom stereocenters. The Morgan fingerprint density at radius 3 is 2.94 bits per heavy atom. The van der Waals surface area contributed by atoms with Crippen molar-refractivity contribution in [2.75, 3.05) is 13.2 Å². The fourth-order valence-corrected chi connectivity index (χ4v) is 2.67. The highest BCUT2D eigenvalue weighted by molar-refractivity contribution is 7.12. The molecule has 1 N–H and O–H groups in total. The first-order chi connectivity index (χ1) is 8.63. The molecule has 1 heterocycles. The first kappa shape index (κ1) is 15.4. The third-order valence-corrected chi connectivity index (χ3v) is 3.74. The van der Waals surface area contributed by atoms with Crippen molar-refractivity contribution in [3.05, 3.63) is 34.0 Å². The van der Waals surface area contributed by atoms with E-state index in [0.29, 0.717) is 5.92 Å². The van der Waals surface area contributed by atoms with Gasteiger partial charge in [0.15, 0.2) is 0 Å². The van der Waals surface area contributed by atoms with Gasteiger partial charge in [-0.05, 0) is 37.4 Å². The number of hydrogen-bond acceptors (Lipinski definition) is 3. The third-order valence-electron chi connectivity index (χ3n) is 2.65. The second-order valence-corrected chi connectivity index (χ2v) is 6.29. The second-order valence-electron chi connectivity index (χ2n) is 4.95. The molecular formula is C15H25NOS. The third kappa shape index (κ3) is 5.80. The van der Waals surface area contributed by atoms with Crippen LogP contribution in [-0.4, -0.2) is 13.2 Å². The molecule has 0 bridgehead atoms. The number of ether oxygens (including phenoxy) is 1. The van der Waals surface area contributed by atoms with Crippen molar-refractivity contribution in [3.63, 3.8) is 0 Å². The summed E-state index contributed by atoms with van der Waals surface area (Å²) in [6.07, 6.45) is 2.81. The minimum atomic E-state index is 0.702. The smallest absolute Gasteiger partial charge is 0.0727 e. The van der Waals surface area contributed by atoms with Gasteiger partial charge in [-0.2, -0.15) is 0 Å². The SMILES string of the molecule is C=CCCOCc1cc(CNCC(C)C)sc1C. The van der Waals surface area contributed by atoms with Gasteiger partial charge in [0.2, 0.25) is 0 Å². The number of nitrogens with one attached hydrogen (secondary N) is 1. The van der Waals surface area contributed by atoms with Crippen LogP contribution in [0.5, 0.6) is 0 Å². The highest BCUT2D eigenvalue weighted by Gasteiger charge is 2.05. The predicted octanol–water partition coefficient (Wildman–Crippen LogP) is 3.89. The van der Waals surface area contributed by atoms with Crippen LogP contribution in [0.15, 0.2) is 18.7 Å². The first-order valence-corrected chi connectivity index (χ1v) is 7.42. The summed E-state index contributed by atoms with van der Waals surface area (Å²) in [6, 6.07) is 2.27. The molecule has 18 heavy (non-hydrogen) atoms. The lowest BCUT2D eigenvalue weighted by Gasteiger charge is -2.05. The molecule has 0 aliphatic rings. The molecule has 1 rings (SSSR count). The number of thiophene rings is 1. The van der Waals surface area contributed by atoms with Crippen LogP contribution in [0.3, 0.4) is 0 Å². The Kier molecular flexibility index (Phi) is 7.25. The van der Waals surface area contributed by atoms with Crippen molar-refractivity contribution in [3.8, 4) is 0 Å². The van der Waals surface area contributed by atoms with Gasteiger partial charge in [0.25, 0.3) is 0 Å². The van der Waals surface area contributed by atoms with Crippen molar-refractivity contribution in [2.45, 2.75) is 40.3 Å². The van der Waals surface area contributed by atoms with Crippen molar-refractivity contribution in [1.29, 1.82) is 0 Å². The summed E-state index contributed by atoms with van der Waals surface area (Å²) in [7, 11) is 0. The monoisotopic (exact) mass is 267 g/mol. The molecule has 0 saturated heterocycles. The number of hydrogen-bond donors (Lipinski definition) is 1. The molecule has 0 saturated carbocycles. The molecule has 0 aromatic carbocycles. The van der Waals surface area contributed by atoms with Gasteiger partial charge in [-0.1, -0.05) is 19.9 Å². The molecule has 0 aliphatic carbocycles. The van der Waals surface area contributed by atoms with Crippen molar-refractivity contribution in [2.24, 2.45) is 5.92 Å². The standard InChI is InChI=1S/C15H25NOS/c1-5-6-7-17-11-14-8-15(18-13(14)4)10-16-9-12(2)3/h5,8,12,16H,1,6-7,9-11H2,2-4H3. The fourth-order valence-electron chi connectivity index (χ4n) is 1.65. The van der Waals surface area contributed by atoms with E-state index >= 15 is 0 Å². The molecule has 0 amide bonds. The highest BCUT2D eigenvalue weighted by Crippen LogP contribution is 2.22. The van der Waals surface area contributed by atoms with Crippen LogP contribution >= 0.6 is 11.3 Å². The van der Waals surface area contributed by atoms with Crippen LogP contribution in [0.25, 0.3) is 0 Å². The zero-order valence-electron chi connectivity index (χ0n) is 11.8. The molecule has 0 aliphatic heterocycles. The van der Waals surface area contributed by atoms with Gasteiger partial charge in [-0.25, -0.2) is 0 Å². The summed E-state index contributed by atoms with van der Waals surface area (Å²) < 4.78 is 5.61. The maximum atomic E-state index is 5.61. The molecule has 1 aromatic rings. The van der Waals surface area contributed by atoms with Crippen LogP contribution < -0.4 is 5.32 Å². The predicted molar refractivity (Wildman–Crippen MR) is 80.1 cm³/mol. The minimum absolute atomic E-state index is 0.702. The molecule has 0 radical (unpaired) electrons. The van der Waals surface area contributed by atoms with Crippen LogP contribution in [0.1, 0.15) is 35.6 Å². The second kappa shape index (κ2) is 8.46. The summed E-state index contributed by atoms with van der Waals surface area (Å²) in [6.45, 7) is 13.8. The van der Waals surface area contributed by atoms with E-state index in [-0.39, 0.29) is 0 Å². The number of aryl methyl sites for hydroxylation is 1. The first-order valence-electron chi connectivity index (χ1n) is 6.61. The fraction of sp³-hybridized carbons (Fsp3) is 0.600. The van der Waals surface area contributed by atoms with E-state index in [1.165, 1.54) is 15.3 Å². The van der Waals surface area contributed by atoms with E-state index in [2.05, 4.69) is 38.7 Å². The van der Waals surface area contributed by atoms with E-state index in [1.807, 2.05) is 17.4 Å². The van der Waals surface area contributed by atoms with E-state index < -0.39 is 0 Å². The van der Waals surface area contributed by atoms with E-state index in [1.54, 1.807) is 0 Å². The Balaban J connectivity index is 2.35. The molecule has 0 unspecified atom stereocenters. The Bertz CT molecular complexity index is 357. The number of rotatable bonds is 9. The quantitative estimate of drug-likeness (QED) is 0.541. The molecular weight excluding hydrogens is 242 g/mol. The molecule has 3 heteroatoms. The largest absolute Gasteiger partial charge is 0.376 e. The molecule has 1 aromatic heterocycles. The van der Waals surface area contributed by atoms with Gasteiger partial charge in [-0.3, -0.25) is 0 Å². The van der Waals surface area contributed by atoms with Gasteiger partial charge in [-0.15, -0.1) is 17.9 Å². The summed E-state index contributed by atoms with van der Waals surface area (Å²) in [5.74, 6) is 0.702. The zero-order chi connectivity index (χ0) is 13.4. The topological polar surface area (TPSA) is 21.3 Å². The summed E-state index contributed by atoms with van der Waals surface area (Å²) in [4.78, 5) is 2.77. The van der Waals surface area contributed by atoms with Gasteiger partial charge >= 0.3 is 0 Å². The summed E-state index contributed by atoms with van der Waals surface area (Å²) in [5, 5.41) is 3.47.